The molecular formula is C23H24N2O2. The molecule has 4 heteroatoms. The standard InChI is InChI=1S/C23H24N2O2/c26-23(24-16-15-19-7-3-1-4-8-19)17-25-21-11-13-22(14-12-21)27-18-20-9-5-2-6-10-20/h1-14,25H,15-18H2,(H,24,26). The van der Waals surface area contributed by atoms with Crippen LogP contribution >= 0.6 is 0 Å². The van der Waals surface area contributed by atoms with Gasteiger partial charge in [-0.15, -0.1) is 0 Å². The molecule has 0 unspecified atom stereocenters. The summed E-state index contributed by atoms with van der Waals surface area (Å²) in [6.45, 7) is 1.42. The molecule has 3 aromatic carbocycles. The van der Waals surface area contributed by atoms with Crippen LogP contribution < -0.4 is 15.4 Å². The molecular weight excluding hydrogens is 336 g/mol. The van der Waals surface area contributed by atoms with Gasteiger partial charge in [0.25, 0.3) is 0 Å². The smallest absolute Gasteiger partial charge is 0.239 e. The van der Waals surface area contributed by atoms with E-state index in [4.69, 9.17) is 4.74 Å². The molecule has 0 saturated carbocycles. The molecule has 0 heterocycles. The van der Waals surface area contributed by atoms with E-state index in [1.54, 1.807) is 0 Å². The lowest BCUT2D eigenvalue weighted by molar-refractivity contribution is -0.119. The molecule has 4 nitrogen and oxygen atoms in total. The van der Waals surface area contributed by atoms with Gasteiger partial charge < -0.3 is 15.4 Å². The third-order valence-electron chi connectivity index (χ3n) is 4.13. The van der Waals surface area contributed by atoms with Crippen molar-refractivity contribution in [1.29, 1.82) is 0 Å². The van der Waals surface area contributed by atoms with Crippen LogP contribution in [0.25, 0.3) is 0 Å². The molecule has 3 aromatic rings. The van der Waals surface area contributed by atoms with E-state index in [0.29, 0.717) is 13.2 Å². The summed E-state index contributed by atoms with van der Waals surface area (Å²) in [6.07, 6.45) is 0.833. The average molecular weight is 360 g/mol. The van der Waals surface area contributed by atoms with Crippen molar-refractivity contribution in [2.24, 2.45) is 0 Å². The van der Waals surface area contributed by atoms with Gasteiger partial charge in [-0.05, 0) is 41.8 Å². The first-order valence-electron chi connectivity index (χ1n) is 9.11. The second kappa shape index (κ2) is 10.0. The monoisotopic (exact) mass is 360 g/mol. The second-order valence-corrected chi connectivity index (χ2v) is 6.24. The van der Waals surface area contributed by atoms with Crippen molar-refractivity contribution in [3.05, 3.63) is 96.1 Å². The maximum absolute atomic E-state index is 11.9. The Morgan fingerprint density at radius 2 is 1.41 bits per heavy atom. The first kappa shape index (κ1) is 18.5. The van der Waals surface area contributed by atoms with E-state index in [-0.39, 0.29) is 12.5 Å². The highest BCUT2D eigenvalue weighted by molar-refractivity contribution is 5.80. The zero-order chi connectivity index (χ0) is 18.7. The summed E-state index contributed by atoms with van der Waals surface area (Å²) in [5.74, 6) is 0.784. The van der Waals surface area contributed by atoms with Crippen molar-refractivity contribution < 1.29 is 9.53 Å². The minimum atomic E-state index is -0.0182. The number of nitrogens with one attached hydrogen (secondary N) is 2. The molecule has 0 aliphatic heterocycles. The van der Waals surface area contributed by atoms with Crippen LogP contribution in [-0.4, -0.2) is 19.0 Å². The maximum atomic E-state index is 11.9. The zero-order valence-electron chi connectivity index (χ0n) is 15.2. The van der Waals surface area contributed by atoms with E-state index >= 15 is 0 Å². The van der Waals surface area contributed by atoms with E-state index in [1.165, 1.54) is 5.56 Å². The lowest BCUT2D eigenvalue weighted by atomic mass is 10.1. The molecule has 27 heavy (non-hydrogen) atoms. The largest absolute Gasteiger partial charge is 0.489 e. The number of amides is 1. The Balaban J connectivity index is 1.36. The van der Waals surface area contributed by atoms with Crippen LogP contribution in [0.15, 0.2) is 84.9 Å². The van der Waals surface area contributed by atoms with Gasteiger partial charge in [0, 0.05) is 12.2 Å². The van der Waals surface area contributed by atoms with Crippen LogP contribution in [0.4, 0.5) is 5.69 Å². The quantitative estimate of drug-likeness (QED) is 0.606. The molecule has 0 radical (unpaired) electrons. The molecule has 138 valence electrons. The number of benzene rings is 3. The van der Waals surface area contributed by atoms with Crippen LogP contribution in [0, 0.1) is 0 Å². The van der Waals surface area contributed by atoms with Gasteiger partial charge in [0.2, 0.25) is 5.91 Å². The van der Waals surface area contributed by atoms with Gasteiger partial charge in [-0.2, -0.15) is 0 Å². The van der Waals surface area contributed by atoms with Crippen molar-refractivity contribution in [3.8, 4) is 5.75 Å². The Morgan fingerprint density at radius 1 is 0.778 bits per heavy atom. The van der Waals surface area contributed by atoms with Crippen LogP contribution in [0.1, 0.15) is 11.1 Å². The van der Waals surface area contributed by atoms with E-state index in [2.05, 4.69) is 22.8 Å². The van der Waals surface area contributed by atoms with Crippen molar-refractivity contribution in [3.63, 3.8) is 0 Å². The first-order valence-corrected chi connectivity index (χ1v) is 9.11. The van der Waals surface area contributed by atoms with Gasteiger partial charge in [-0.25, -0.2) is 0 Å². The molecule has 3 rings (SSSR count). The maximum Gasteiger partial charge on any atom is 0.239 e. The van der Waals surface area contributed by atoms with Crippen molar-refractivity contribution in [2.75, 3.05) is 18.4 Å². The Morgan fingerprint density at radius 3 is 2.07 bits per heavy atom. The van der Waals surface area contributed by atoms with Crippen LogP contribution in [0.3, 0.4) is 0 Å². The molecule has 1 amide bonds. The number of carbonyl (C=O) groups is 1. The summed E-state index contributed by atoms with van der Waals surface area (Å²) >= 11 is 0. The summed E-state index contributed by atoms with van der Waals surface area (Å²) in [6, 6.07) is 27.8. The third kappa shape index (κ3) is 6.51. The molecule has 0 saturated heterocycles. The fraction of sp³-hybridized carbons (Fsp3) is 0.174. The minimum absolute atomic E-state index is 0.0182. The molecule has 0 fully saturated rings. The third-order valence-corrected chi connectivity index (χ3v) is 4.13. The summed E-state index contributed by atoms with van der Waals surface area (Å²) in [5, 5.41) is 6.05. The molecule has 0 spiro atoms. The van der Waals surface area contributed by atoms with Gasteiger partial charge >= 0.3 is 0 Å². The van der Waals surface area contributed by atoms with E-state index < -0.39 is 0 Å². The predicted molar refractivity (Wildman–Crippen MR) is 109 cm³/mol. The lowest BCUT2D eigenvalue weighted by Gasteiger charge is -2.10. The summed E-state index contributed by atoms with van der Waals surface area (Å²) in [4.78, 5) is 11.9. The molecule has 0 bridgehead atoms. The van der Waals surface area contributed by atoms with Crippen molar-refractivity contribution in [1.82, 2.24) is 5.32 Å². The van der Waals surface area contributed by atoms with Crippen LogP contribution in [-0.2, 0) is 17.8 Å². The zero-order valence-corrected chi connectivity index (χ0v) is 15.2. The van der Waals surface area contributed by atoms with Crippen molar-refractivity contribution in [2.45, 2.75) is 13.0 Å². The number of carbonyl (C=O) groups excluding carboxylic acids is 1. The number of anilines is 1. The Bertz CT molecular complexity index is 818. The highest BCUT2D eigenvalue weighted by Crippen LogP contribution is 2.16. The second-order valence-electron chi connectivity index (χ2n) is 6.24. The average Bonchev–Trinajstić information content (AvgIpc) is 2.73. The highest BCUT2D eigenvalue weighted by atomic mass is 16.5. The SMILES string of the molecule is O=C(CNc1ccc(OCc2ccccc2)cc1)NCCc1ccccc1. The molecule has 0 aliphatic rings. The van der Waals surface area contributed by atoms with E-state index in [9.17, 15) is 4.79 Å². The molecule has 2 N–H and O–H groups in total. The van der Waals surface area contributed by atoms with Crippen molar-refractivity contribution >= 4 is 11.6 Å². The fourth-order valence-electron chi connectivity index (χ4n) is 2.65. The van der Waals surface area contributed by atoms with Gasteiger partial charge in [0.05, 0.1) is 6.54 Å². The molecule has 0 aliphatic carbocycles. The minimum Gasteiger partial charge on any atom is -0.489 e. The van der Waals surface area contributed by atoms with E-state index in [1.807, 2.05) is 72.8 Å². The fourth-order valence-corrected chi connectivity index (χ4v) is 2.65. The number of ether oxygens (including phenoxy) is 1. The lowest BCUT2D eigenvalue weighted by Crippen LogP contribution is -2.31. The Labute approximate surface area is 160 Å². The number of rotatable bonds is 9. The number of hydrogen-bond acceptors (Lipinski definition) is 3. The van der Waals surface area contributed by atoms with Gasteiger partial charge in [-0.3, -0.25) is 4.79 Å². The summed E-state index contributed by atoms with van der Waals surface area (Å²) in [7, 11) is 0. The van der Waals surface area contributed by atoms with E-state index in [0.717, 1.165) is 23.4 Å². The topological polar surface area (TPSA) is 50.4 Å². The summed E-state index contributed by atoms with van der Waals surface area (Å²) < 4.78 is 5.76. The Hall–Kier alpha value is -3.27. The number of hydrogen-bond donors (Lipinski definition) is 2. The van der Waals surface area contributed by atoms with Crippen LogP contribution in [0.5, 0.6) is 5.75 Å². The summed E-state index contributed by atoms with van der Waals surface area (Å²) in [5.41, 5.74) is 3.24. The normalized spacial score (nSPS) is 10.2. The Kier molecular flexibility index (Phi) is 6.87. The highest BCUT2D eigenvalue weighted by Gasteiger charge is 2.02. The van der Waals surface area contributed by atoms with Gasteiger partial charge in [0.15, 0.2) is 0 Å². The predicted octanol–water partition coefficient (Wildman–Crippen LogP) is 4.04. The van der Waals surface area contributed by atoms with Crippen LogP contribution in [0.2, 0.25) is 0 Å². The van der Waals surface area contributed by atoms with Gasteiger partial charge in [0.1, 0.15) is 12.4 Å². The molecule has 0 atom stereocenters. The van der Waals surface area contributed by atoms with Gasteiger partial charge in [-0.1, -0.05) is 60.7 Å². The first-order chi connectivity index (χ1) is 13.3. The molecule has 0 aromatic heterocycles.